The third-order valence-corrected chi connectivity index (χ3v) is 2.75. The molecule has 0 aromatic carbocycles. The maximum Gasteiger partial charge on any atom is 0.109 e. The first-order chi connectivity index (χ1) is 9.79. The standard InChI is InChI=1S/C16H34O4/c1-5-9-17-13-15(19-11-7-3)16(20-12-8-4)14-18-10-6-2/h15-16H,5-14H2,1-4H3/t15-,16+. The Balaban J connectivity index is 4.32. The van der Waals surface area contributed by atoms with Crippen LogP contribution in [0.1, 0.15) is 53.4 Å². The zero-order valence-corrected chi connectivity index (χ0v) is 13.9. The Morgan fingerprint density at radius 1 is 0.550 bits per heavy atom. The summed E-state index contributed by atoms with van der Waals surface area (Å²) >= 11 is 0. The van der Waals surface area contributed by atoms with Crippen molar-refractivity contribution >= 4 is 0 Å². The van der Waals surface area contributed by atoms with E-state index in [4.69, 9.17) is 18.9 Å². The molecule has 0 N–H and O–H groups in total. The van der Waals surface area contributed by atoms with Crippen molar-refractivity contribution < 1.29 is 18.9 Å². The highest BCUT2D eigenvalue weighted by Crippen LogP contribution is 2.09. The van der Waals surface area contributed by atoms with Gasteiger partial charge in [-0.2, -0.15) is 0 Å². The maximum atomic E-state index is 5.90. The lowest BCUT2D eigenvalue weighted by Gasteiger charge is -2.27. The van der Waals surface area contributed by atoms with Crippen LogP contribution in [0.15, 0.2) is 0 Å². The van der Waals surface area contributed by atoms with Gasteiger partial charge in [0.1, 0.15) is 12.2 Å². The summed E-state index contributed by atoms with van der Waals surface area (Å²) in [6, 6.07) is 0. The Morgan fingerprint density at radius 3 is 1.20 bits per heavy atom. The van der Waals surface area contributed by atoms with Crippen molar-refractivity contribution in [3.63, 3.8) is 0 Å². The predicted octanol–water partition coefficient (Wildman–Crippen LogP) is 3.43. The maximum absolute atomic E-state index is 5.90. The second-order valence-electron chi connectivity index (χ2n) is 4.97. The molecule has 0 fully saturated rings. The van der Waals surface area contributed by atoms with Crippen LogP contribution in [0.3, 0.4) is 0 Å². The fourth-order valence-electron chi connectivity index (χ4n) is 1.75. The number of ether oxygens (including phenoxy) is 4. The molecule has 0 aliphatic heterocycles. The minimum absolute atomic E-state index is 0.0371. The molecule has 0 aliphatic carbocycles. The summed E-state index contributed by atoms with van der Waals surface area (Å²) < 4.78 is 23.1. The van der Waals surface area contributed by atoms with Crippen LogP contribution >= 0.6 is 0 Å². The second-order valence-corrected chi connectivity index (χ2v) is 4.97. The first-order valence-electron chi connectivity index (χ1n) is 8.18. The van der Waals surface area contributed by atoms with Crippen LogP contribution in [0.5, 0.6) is 0 Å². The van der Waals surface area contributed by atoms with E-state index in [0.717, 1.165) is 52.1 Å². The van der Waals surface area contributed by atoms with Gasteiger partial charge in [0.05, 0.1) is 13.2 Å². The molecule has 0 aromatic rings. The topological polar surface area (TPSA) is 36.9 Å². The molecule has 0 saturated heterocycles. The van der Waals surface area contributed by atoms with Gasteiger partial charge in [-0.25, -0.2) is 0 Å². The molecular formula is C16H34O4. The van der Waals surface area contributed by atoms with Gasteiger partial charge in [0.25, 0.3) is 0 Å². The number of hydrogen-bond donors (Lipinski definition) is 0. The molecule has 4 heteroatoms. The molecule has 122 valence electrons. The van der Waals surface area contributed by atoms with Gasteiger partial charge >= 0.3 is 0 Å². The fourth-order valence-corrected chi connectivity index (χ4v) is 1.75. The van der Waals surface area contributed by atoms with Crippen LogP contribution in [-0.4, -0.2) is 51.8 Å². The normalized spacial score (nSPS) is 14.4. The largest absolute Gasteiger partial charge is 0.379 e. The van der Waals surface area contributed by atoms with Gasteiger partial charge in [-0.3, -0.25) is 0 Å². The minimum Gasteiger partial charge on any atom is -0.379 e. The molecule has 0 spiro atoms. The quantitative estimate of drug-likeness (QED) is 0.433. The SMILES string of the molecule is CCCOC[C@H](OCCC)[C@@H](COCCC)OCCC. The van der Waals surface area contributed by atoms with Crippen LogP contribution < -0.4 is 0 Å². The third kappa shape index (κ3) is 10.6. The first kappa shape index (κ1) is 19.8. The Kier molecular flexibility index (Phi) is 15.1. The first-order valence-corrected chi connectivity index (χ1v) is 8.18. The van der Waals surface area contributed by atoms with E-state index in [9.17, 15) is 0 Å². The Labute approximate surface area is 125 Å². The molecule has 0 saturated carbocycles. The van der Waals surface area contributed by atoms with Gasteiger partial charge in [-0.15, -0.1) is 0 Å². The molecular weight excluding hydrogens is 256 g/mol. The van der Waals surface area contributed by atoms with E-state index in [1.54, 1.807) is 0 Å². The Hall–Kier alpha value is -0.160. The van der Waals surface area contributed by atoms with Crippen LogP contribution in [0.25, 0.3) is 0 Å². The van der Waals surface area contributed by atoms with Crippen LogP contribution in [0.2, 0.25) is 0 Å². The van der Waals surface area contributed by atoms with Gasteiger partial charge < -0.3 is 18.9 Å². The zero-order valence-electron chi connectivity index (χ0n) is 13.9. The fraction of sp³-hybridized carbons (Fsp3) is 1.00. The monoisotopic (exact) mass is 290 g/mol. The van der Waals surface area contributed by atoms with Gasteiger partial charge in [-0.05, 0) is 25.7 Å². The summed E-state index contributed by atoms with van der Waals surface area (Å²) in [6.07, 6.45) is 3.97. The minimum atomic E-state index is -0.0371. The molecule has 0 heterocycles. The molecule has 0 bridgehead atoms. The molecule has 0 amide bonds. The summed E-state index contributed by atoms with van der Waals surface area (Å²) in [7, 11) is 0. The average molecular weight is 290 g/mol. The summed E-state index contributed by atoms with van der Waals surface area (Å²) in [6.45, 7) is 12.6. The summed E-state index contributed by atoms with van der Waals surface area (Å²) in [5.41, 5.74) is 0. The van der Waals surface area contributed by atoms with Crippen molar-refractivity contribution in [1.29, 1.82) is 0 Å². The zero-order chi connectivity index (χ0) is 15.1. The van der Waals surface area contributed by atoms with Gasteiger partial charge in [0.15, 0.2) is 0 Å². The van der Waals surface area contributed by atoms with Crippen molar-refractivity contribution in [2.45, 2.75) is 65.6 Å². The van der Waals surface area contributed by atoms with Crippen molar-refractivity contribution in [1.82, 2.24) is 0 Å². The summed E-state index contributed by atoms with van der Waals surface area (Å²) in [5.74, 6) is 0. The molecule has 0 unspecified atom stereocenters. The van der Waals surface area contributed by atoms with E-state index in [0.29, 0.717) is 13.2 Å². The molecule has 0 aromatic heterocycles. The van der Waals surface area contributed by atoms with Crippen LogP contribution in [0, 0.1) is 0 Å². The summed E-state index contributed by atoms with van der Waals surface area (Å²) in [4.78, 5) is 0. The average Bonchev–Trinajstić information content (AvgIpc) is 2.47. The van der Waals surface area contributed by atoms with E-state index in [2.05, 4.69) is 27.7 Å². The van der Waals surface area contributed by atoms with Gasteiger partial charge in [0.2, 0.25) is 0 Å². The highest BCUT2D eigenvalue weighted by Gasteiger charge is 2.23. The molecule has 4 nitrogen and oxygen atoms in total. The van der Waals surface area contributed by atoms with Crippen molar-refractivity contribution in [3.05, 3.63) is 0 Å². The molecule has 2 atom stereocenters. The smallest absolute Gasteiger partial charge is 0.109 e. The van der Waals surface area contributed by atoms with E-state index in [-0.39, 0.29) is 12.2 Å². The third-order valence-electron chi connectivity index (χ3n) is 2.75. The number of rotatable bonds is 15. The summed E-state index contributed by atoms with van der Waals surface area (Å²) in [5, 5.41) is 0. The lowest BCUT2D eigenvalue weighted by Crippen LogP contribution is -2.39. The van der Waals surface area contributed by atoms with E-state index in [1.165, 1.54) is 0 Å². The molecule has 0 aliphatic rings. The van der Waals surface area contributed by atoms with E-state index in [1.807, 2.05) is 0 Å². The predicted molar refractivity (Wildman–Crippen MR) is 82.3 cm³/mol. The number of hydrogen-bond acceptors (Lipinski definition) is 4. The highest BCUT2D eigenvalue weighted by molar-refractivity contribution is 4.71. The van der Waals surface area contributed by atoms with Gasteiger partial charge in [-0.1, -0.05) is 27.7 Å². The molecule has 0 radical (unpaired) electrons. The highest BCUT2D eigenvalue weighted by atomic mass is 16.6. The van der Waals surface area contributed by atoms with Crippen molar-refractivity contribution in [2.24, 2.45) is 0 Å². The Morgan fingerprint density at radius 2 is 0.900 bits per heavy atom. The second kappa shape index (κ2) is 15.2. The lowest BCUT2D eigenvalue weighted by atomic mass is 10.2. The van der Waals surface area contributed by atoms with Crippen LogP contribution in [0.4, 0.5) is 0 Å². The van der Waals surface area contributed by atoms with Crippen molar-refractivity contribution in [3.8, 4) is 0 Å². The van der Waals surface area contributed by atoms with Gasteiger partial charge in [0, 0.05) is 26.4 Å². The van der Waals surface area contributed by atoms with Crippen molar-refractivity contribution in [2.75, 3.05) is 39.6 Å². The molecule has 0 rings (SSSR count). The molecule has 20 heavy (non-hydrogen) atoms. The Bertz CT molecular complexity index is 167. The van der Waals surface area contributed by atoms with Crippen LogP contribution in [-0.2, 0) is 18.9 Å². The van der Waals surface area contributed by atoms with E-state index < -0.39 is 0 Å². The lowest BCUT2D eigenvalue weighted by molar-refractivity contribution is -0.127. The van der Waals surface area contributed by atoms with E-state index >= 15 is 0 Å².